The molecule has 0 radical (unpaired) electrons. The lowest BCUT2D eigenvalue weighted by Gasteiger charge is -2.04. The van der Waals surface area contributed by atoms with Crippen LogP contribution in [0.25, 0.3) is 0 Å². The van der Waals surface area contributed by atoms with Gasteiger partial charge >= 0.3 is 12.0 Å². The van der Waals surface area contributed by atoms with E-state index in [1.807, 2.05) is 5.43 Å². The maximum atomic E-state index is 13.4. The van der Waals surface area contributed by atoms with Gasteiger partial charge in [-0.3, -0.25) is 0 Å². The molecule has 6 nitrogen and oxygen atoms in total. The highest BCUT2D eigenvalue weighted by atomic mass is 19.1. The van der Waals surface area contributed by atoms with Gasteiger partial charge in [0.05, 0.1) is 18.9 Å². The van der Waals surface area contributed by atoms with Gasteiger partial charge in [0.15, 0.2) is 0 Å². The molecule has 0 bridgehead atoms. The number of carbonyl (C=O) groups excluding carboxylic acids is 2. The van der Waals surface area contributed by atoms with Gasteiger partial charge in [-0.05, 0) is 12.1 Å². The smallest absolute Gasteiger partial charge is 0.338 e. The Hall–Kier alpha value is -2.44. The molecule has 0 saturated carbocycles. The van der Waals surface area contributed by atoms with Gasteiger partial charge in [0.1, 0.15) is 5.82 Å². The maximum absolute atomic E-state index is 13.4. The zero-order valence-electron chi connectivity index (χ0n) is 8.94. The maximum Gasteiger partial charge on any atom is 0.338 e. The molecule has 0 heterocycles. The van der Waals surface area contributed by atoms with E-state index in [9.17, 15) is 14.0 Å². The number of hydrazone groups is 1. The number of nitrogens with one attached hydrogen (secondary N) is 1. The topological polar surface area (TPSA) is 93.8 Å². The molecule has 0 unspecified atom stereocenters. The van der Waals surface area contributed by atoms with E-state index in [4.69, 9.17) is 5.73 Å². The Balaban J connectivity index is 3.07. The summed E-state index contributed by atoms with van der Waals surface area (Å²) in [4.78, 5) is 21.7. The predicted octanol–water partition coefficient (Wildman–Crippen LogP) is 0.615. The van der Waals surface area contributed by atoms with Crippen LogP contribution in [0.4, 0.5) is 9.18 Å². The van der Waals surface area contributed by atoms with Crippen molar-refractivity contribution in [3.05, 3.63) is 35.1 Å². The van der Waals surface area contributed by atoms with Crippen LogP contribution in [0.2, 0.25) is 0 Å². The monoisotopic (exact) mass is 239 g/mol. The third-order valence-corrected chi connectivity index (χ3v) is 1.83. The fourth-order valence-corrected chi connectivity index (χ4v) is 1.12. The largest absolute Gasteiger partial charge is 0.465 e. The van der Waals surface area contributed by atoms with Gasteiger partial charge in [-0.15, -0.1) is 0 Å². The number of rotatable bonds is 3. The first-order valence-corrected chi connectivity index (χ1v) is 4.51. The average Bonchev–Trinajstić information content (AvgIpc) is 2.29. The van der Waals surface area contributed by atoms with Crippen LogP contribution in [0.1, 0.15) is 15.9 Å². The summed E-state index contributed by atoms with van der Waals surface area (Å²) in [6.07, 6.45) is 0.979. The van der Waals surface area contributed by atoms with Gasteiger partial charge in [-0.25, -0.2) is 19.4 Å². The van der Waals surface area contributed by atoms with E-state index < -0.39 is 17.8 Å². The molecular weight excluding hydrogens is 229 g/mol. The highest BCUT2D eigenvalue weighted by molar-refractivity contribution is 5.99. The molecule has 3 N–H and O–H groups in total. The number of halogens is 1. The summed E-state index contributed by atoms with van der Waals surface area (Å²) in [6.45, 7) is 0. The van der Waals surface area contributed by atoms with E-state index in [0.29, 0.717) is 0 Å². The third-order valence-electron chi connectivity index (χ3n) is 1.83. The van der Waals surface area contributed by atoms with Gasteiger partial charge in [-0.1, -0.05) is 6.07 Å². The molecule has 0 aliphatic rings. The first kappa shape index (κ1) is 12.6. The number of hydrogen-bond donors (Lipinski definition) is 2. The summed E-state index contributed by atoms with van der Waals surface area (Å²) in [6, 6.07) is 3.00. The van der Waals surface area contributed by atoms with Crippen LogP contribution >= 0.6 is 0 Å². The predicted molar refractivity (Wildman–Crippen MR) is 58.1 cm³/mol. The van der Waals surface area contributed by atoms with Crippen LogP contribution in [0.3, 0.4) is 0 Å². The second kappa shape index (κ2) is 5.59. The highest BCUT2D eigenvalue weighted by Crippen LogP contribution is 2.12. The summed E-state index contributed by atoms with van der Waals surface area (Å²) in [5, 5.41) is 3.38. The standard InChI is InChI=1S/C10H10FN3O3/c1-17-9(15)6-3-2-4-8(11)7(6)5-13-14-10(12)16/h2-5H,1H3,(H3,12,14,16). The Morgan fingerprint density at radius 2 is 2.24 bits per heavy atom. The van der Waals surface area contributed by atoms with Crippen molar-refractivity contribution in [3.63, 3.8) is 0 Å². The van der Waals surface area contributed by atoms with Crippen LogP contribution in [0, 0.1) is 5.82 Å². The van der Waals surface area contributed by atoms with Gasteiger partial charge in [-0.2, -0.15) is 5.10 Å². The fraction of sp³-hybridized carbons (Fsp3) is 0.100. The summed E-state index contributed by atoms with van der Waals surface area (Å²) in [5.41, 5.74) is 6.58. The lowest BCUT2D eigenvalue weighted by atomic mass is 10.1. The molecule has 90 valence electrons. The van der Waals surface area contributed by atoms with Crippen molar-refractivity contribution in [1.29, 1.82) is 0 Å². The van der Waals surface area contributed by atoms with Gasteiger partial charge in [0.25, 0.3) is 0 Å². The molecule has 2 amide bonds. The molecule has 17 heavy (non-hydrogen) atoms. The minimum absolute atomic E-state index is 0.00233. The molecule has 0 spiro atoms. The number of benzene rings is 1. The number of hydrogen-bond acceptors (Lipinski definition) is 4. The van der Waals surface area contributed by atoms with E-state index in [1.165, 1.54) is 19.2 Å². The Morgan fingerprint density at radius 1 is 1.53 bits per heavy atom. The second-order valence-electron chi connectivity index (χ2n) is 2.93. The van der Waals surface area contributed by atoms with E-state index in [0.717, 1.165) is 12.3 Å². The van der Waals surface area contributed by atoms with Crippen molar-refractivity contribution in [3.8, 4) is 0 Å². The van der Waals surface area contributed by atoms with E-state index in [-0.39, 0.29) is 11.1 Å². The summed E-state index contributed by atoms with van der Waals surface area (Å²) < 4.78 is 17.9. The molecule has 1 aromatic rings. The van der Waals surface area contributed by atoms with Gasteiger partial charge in [0, 0.05) is 5.56 Å². The van der Waals surface area contributed by atoms with E-state index >= 15 is 0 Å². The number of carbonyl (C=O) groups is 2. The Labute approximate surface area is 96.2 Å². The molecule has 0 aliphatic carbocycles. The number of amides is 2. The van der Waals surface area contributed by atoms with Crippen LogP contribution in [-0.4, -0.2) is 25.3 Å². The number of nitrogens with two attached hydrogens (primary N) is 1. The van der Waals surface area contributed by atoms with Crippen molar-refractivity contribution < 1.29 is 18.7 Å². The van der Waals surface area contributed by atoms with Crippen molar-refractivity contribution in [2.75, 3.05) is 7.11 Å². The Bertz CT molecular complexity index is 474. The summed E-state index contributed by atoms with van der Waals surface area (Å²) in [5.74, 6) is -1.37. The van der Waals surface area contributed by atoms with Gasteiger partial charge in [0.2, 0.25) is 0 Å². The lowest BCUT2D eigenvalue weighted by molar-refractivity contribution is 0.0600. The normalized spacial score (nSPS) is 10.2. The minimum atomic E-state index is -0.891. The zero-order valence-corrected chi connectivity index (χ0v) is 8.94. The van der Waals surface area contributed by atoms with Crippen LogP contribution in [-0.2, 0) is 4.74 Å². The van der Waals surface area contributed by atoms with Crippen molar-refractivity contribution in [2.24, 2.45) is 10.8 Å². The van der Waals surface area contributed by atoms with E-state index in [2.05, 4.69) is 9.84 Å². The number of methoxy groups -OCH3 is 1. The molecule has 0 saturated heterocycles. The number of primary amides is 1. The highest BCUT2D eigenvalue weighted by Gasteiger charge is 2.13. The first-order chi connectivity index (χ1) is 8.06. The van der Waals surface area contributed by atoms with Crippen molar-refractivity contribution >= 4 is 18.2 Å². The first-order valence-electron chi connectivity index (χ1n) is 4.51. The fourth-order valence-electron chi connectivity index (χ4n) is 1.12. The van der Waals surface area contributed by atoms with Gasteiger partial charge < -0.3 is 10.5 Å². The summed E-state index contributed by atoms with van der Waals surface area (Å²) >= 11 is 0. The van der Waals surface area contributed by atoms with E-state index in [1.54, 1.807) is 0 Å². The molecule has 0 aliphatic heterocycles. The molecule has 0 atom stereocenters. The molecule has 7 heteroatoms. The molecule has 0 aromatic heterocycles. The quantitative estimate of drug-likeness (QED) is 0.459. The number of esters is 1. The lowest BCUT2D eigenvalue weighted by Crippen LogP contribution is -2.24. The number of urea groups is 1. The number of nitrogens with zero attached hydrogens (tertiary/aromatic N) is 1. The molecule has 1 aromatic carbocycles. The van der Waals surface area contributed by atoms with Crippen LogP contribution < -0.4 is 11.2 Å². The van der Waals surface area contributed by atoms with Crippen LogP contribution in [0.15, 0.2) is 23.3 Å². The molecule has 0 fully saturated rings. The second-order valence-corrected chi connectivity index (χ2v) is 2.93. The molecule has 1 rings (SSSR count). The molecular formula is C10H10FN3O3. The minimum Gasteiger partial charge on any atom is -0.465 e. The van der Waals surface area contributed by atoms with Crippen molar-refractivity contribution in [2.45, 2.75) is 0 Å². The van der Waals surface area contributed by atoms with Crippen LogP contribution in [0.5, 0.6) is 0 Å². The SMILES string of the molecule is COC(=O)c1cccc(F)c1C=NNC(N)=O. The summed E-state index contributed by atoms with van der Waals surface area (Å²) in [7, 11) is 1.18. The zero-order chi connectivity index (χ0) is 12.8. The Morgan fingerprint density at radius 3 is 2.82 bits per heavy atom. The Kier molecular flexibility index (Phi) is 4.15. The average molecular weight is 239 g/mol. The number of ether oxygens (including phenoxy) is 1. The third kappa shape index (κ3) is 3.26. The van der Waals surface area contributed by atoms with Crippen molar-refractivity contribution in [1.82, 2.24) is 5.43 Å².